The molecule has 4 heteroatoms. The van der Waals surface area contributed by atoms with E-state index < -0.39 is 11.6 Å². The van der Waals surface area contributed by atoms with Crippen LogP contribution < -0.4 is 5.73 Å². The van der Waals surface area contributed by atoms with Gasteiger partial charge in [-0.15, -0.1) is 0 Å². The maximum Gasteiger partial charge on any atom is 0.148 e. The van der Waals surface area contributed by atoms with Crippen molar-refractivity contribution in [2.45, 2.75) is 18.3 Å². The van der Waals surface area contributed by atoms with Gasteiger partial charge in [0.25, 0.3) is 0 Å². The quantitative estimate of drug-likeness (QED) is 0.753. The molecule has 1 aromatic rings. The maximum atomic E-state index is 13.2. The van der Waals surface area contributed by atoms with E-state index in [1.54, 1.807) is 0 Å². The summed E-state index contributed by atoms with van der Waals surface area (Å²) in [7, 11) is 0. The largest absolute Gasteiger partial charge is 0.330 e. The summed E-state index contributed by atoms with van der Waals surface area (Å²) in [6.07, 6.45) is 2.73. The number of nitrogens with two attached hydrogens (primary N) is 1. The Labute approximate surface area is 74.8 Å². The molecule has 0 aliphatic heterocycles. The van der Waals surface area contributed by atoms with E-state index in [9.17, 15) is 8.78 Å². The molecule has 1 aliphatic carbocycles. The fraction of sp³-hybridized carbons (Fsp3) is 0.444. The number of rotatable bonds is 2. The van der Waals surface area contributed by atoms with Crippen molar-refractivity contribution in [3.63, 3.8) is 0 Å². The van der Waals surface area contributed by atoms with E-state index in [1.165, 1.54) is 0 Å². The second-order valence-electron chi connectivity index (χ2n) is 3.47. The van der Waals surface area contributed by atoms with Gasteiger partial charge in [-0.25, -0.2) is 8.78 Å². The van der Waals surface area contributed by atoms with Gasteiger partial charge in [0.05, 0.1) is 11.9 Å². The lowest BCUT2D eigenvalue weighted by Gasteiger charge is -2.11. The van der Waals surface area contributed by atoms with Gasteiger partial charge in [0.1, 0.15) is 11.6 Å². The van der Waals surface area contributed by atoms with Crippen LogP contribution in [0.4, 0.5) is 8.78 Å². The lowest BCUT2D eigenvalue weighted by atomic mass is 10.0. The van der Waals surface area contributed by atoms with E-state index in [0.29, 0.717) is 12.2 Å². The average Bonchev–Trinajstić information content (AvgIpc) is 2.85. The molecule has 1 saturated carbocycles. The minimum atomic E-state index is -0.644. The molecule has 0 saturated heterocycles. The summed E-state index contributed by atoms with van der Waals surface area (Å²) >= 11 is 0. The summed E-state index contributed by atoms with van der Waals surface area (Å²) in [6.45, 7) is 0.378. The fourth-order valence-corrected chi connectivity index (χ4v) is 1.49. The van der Waals surface area contributed by atoms with Gasteiger partial charge in [-0.3, -0.25) is 4.98 Å². The number of aromatic nitrogens is 1. The van der Waals surface area contributed by atoms with Crippen LogP contribution in [0.2, 0.25) is 0 Å². The summed E-state index contributed by atoms with van der Waals surface area (Å²) in [5.74, 6) is -1.22. The molecule has 0 radical (unpaired) electrons. The van der Waals surface area contributed by atoms with Crippen LogP contribution in [0.15, 0.2) is 12.3 Å². The van der Waals surface area contributed by atoms with Gasteiger partial charge in [0, 0.05) is 18.0 Å². The topological polar surface area (TPSA) is 38.9 Å². The monoisotopic (exact) mass is 184 g/mol. The summed E-state index contributed by atoms with van der Waals surface area (Å²) in [5, 5.41) is 0. The number of hydrogen-bond acceptors (Lipinski definition) is 2. The first-order chi connectivity index (χ1) is 6.18. The Morgan fingerprint density at radius 1 is 1.46 bits per heavy atom. The van der Waals surface area contributed by atoms with Crippen molar-refractivity contribution < 1.29 is 8.78 Å². The number of pyridine rings is 1. The Bertz CT molecular complexity index is 334. The third-order valence-corrected chi connectivity index (χ3v) is 2.55. The van der Waals surface area contributed by atoms with Gasteiger partial charge < -0.3 is 5.73 Å². The standard InChI is InChI=1S/C9H10F2N2/c10-6-3-7(11)8(13-4-6)9(5-12)1-2-9/h3-4H,1-2,5,12H2. The van der Waals surface area contributed by atoms with Crippen molar-refractivity contribution >= 4 is 0 Å². The van der Waals surface area contributed by atoms with E-state index in [2.05, 4.69) is 4.98 Å². The summed E-state index contributed by atoms with van der Waals surface area (Å²) in [4.78, 5) is 3.75. The molecule has 0 unspecified atom stereocenters. The summed E-state index contributed by atoms with van der Waals surface area (Å²) < 4.78 is 25.7. The van der Waals surface area contributed by atoms with Crippen molar-refractivity contribution in [3.8, 4) is 0 Å². The second kappa shape index (κ2) is 2.73. The number of halogens is 2. The Hall–Kier alpha value is -1.03. The minimum Gasteiger partial charge on any atom is -0.330 e. The highest BCUT2D eigenvalue weighted by Crippen LogP contribution is 2.47. The zero-order valence-electron chi connectivity index (χ0n) is 7.06. The van der Waals surface area contributed by atoms with Crippen molar-refractivity contribution in [2.75, 3.05) is 6.54 Å². The van der Waals surface area contributed by atoms with E-state index in [4.69, 9.17) is 5.73 Å². The first kappa shape index (κ1) is 8.56. The molecule has 0 aromatic carbocycles. The van der Waals surface area contributed by atoms with Gasteiger partial charge in [-0.05, 0) is 12.8 Å². The van der Waals surface area contributed by atoms with Crippen LogP contribution in [-0.4, -0.2) is 11.5 Å². The molecule has 70 valence electrons. The van der Waals surface area contributed by atoms with Crippen molar-refractivity contribution in [1.82, 2.24) is 4.98 Å². The van der Waals surface area contributed by atoms with E-state index >= 15 is 0 Å². The van der Waals surface area contributed by atoms with E-state index in [0.717, 1.165) is 25.1 Å². The zero-order chi connectivity index (χ0) is 9.47. The van der Waals surface area contributed by atoms with Crippen LogP contribution in [0.25, 0.3) is 0 Å². The normalized spacial score (nSPS) is 18.7. The first-order valence-electron chi connectivity index (χ1n) is 4.19. The highest BCUT2D eigenvalue weighted by molar-refractivity contribution is 5.26. The Kier molecular flexibility index (Phi) is 1.80. The van der Waals surface area contributed by atoms with Gasteiger partial charge in [0.2, 0.25) is 0 Å². The van der Waals surface area contributed by atoms with Gasteiger partial charge >= 0.3 is 0 Å². The summed E-state index contributed by atoms with van der Waals surface area (Å²) in [6, 6.07) is 0.859. The Balaban J connectivity index is 2.41. The van der Waals surface area contributed by atoms with Crippen LogP contribution in [0.5, 0.6) is 0 Å². The Morgan fingerprint density at radius 3 is 2.62 bits per heavy atom. The third kappa shape index (κ3) is 1.31. The number of hydrogen-bond donors (Lipinski definition) is 1. The molecule has 0 atom stereocenters. The van der Waals surface area contributed by atoms with E-state index in [-0.39, 0.29) is 5.41 Å². The zero-order valence-corrected chi connectivity index (χ0v) is 7.06. The highest BCUT2D eigenvalue weighted by Gasteiger charge is 2.46. The molecule has 2 rings (SSSR count). The predicted molar refractivity (Wildman–Crippen MR) is 44.1 cm³/mol. The molecular formula is C9H10F2N2. The molecule has 0 spiro atoms. The first-order valence-corrected chi connectivity index (χ1v) is 4.19. The molecule has 2 N–H and O–H groups in total. The molecule has 1 aliphatic rings. The van der Waals surface area contributed by atoms with Crippen LogP contribution in [0.3, 0.4) is 0 Å². The van der Waals surface area contributed by atoms with Crippen molar-refractivity contribution in [3.05, 3.63) is 29.6 Å². The molecule has 13 heavy (non-hydrogen) atoms. The van der Waals surface area contributed by atoms with Gasteiger partial charge in [-0.1, -0.05) is 0 Å². The molecular weight excluding hydrogens is 174 g/mol. The van der Waals surface area contributed by atoms with Crippen LogP contribution >= 0.6 is 0 Å². The number of nitrogens with zero attached hydrogens (tertiary/aromatic N) is 1. The molecule has 0 amide bonds. The molecule has 0 bridgehead atoms. The minimum absolute atomic E-state index is 0.308. The highest BCUT2D eigenvalue weighted by atomic mass is 19.1. The van der Waals surface area contributed by atoms with E-state index in [1.807, 2.05) is 0 Å². The summed E-state index contributed by atoms with van der Waals surface area (Å²) in [5.41, 5.74) is 5.52. The molecule has 1 aromatic heterocycles. The fourth-order valence-electron chi connectivity index (χ4n) is 1.49. The van der Waals surface area contributed by atoms with Crippen molar-refractivity contribution in [1.29, 1.82) is 0 Å². The predicted octanol–water partition coefficient (Wildman–Crippen LogP) is 1.35. The Morgan fingerprint density at radius 2 is 2.15 bits per heavy atom. The van der Waals surface area contributed by atoms with Crippen molar-refractivity contribution in [2.24, 2.45) is 5.73 Å². The van der Waals surface area contributed by atoms with Crippen LogP contribution in [0.1, 0.15) is 18.5 Å². The molecule has 1 heterocycles. The van der Waals surface area contributed by atoms with Crippen LogP contribution in [-0.2, 0) is 5.41 Å². The van der Waals surface area contributed by atoms with Crippen LogP contribution in [0, 0.1) is 11.6 Å². The lowest BCUT2D eigenvalue weighted by molar-refractivity contribution is 0.529. The smallest absolute Gasteiger partial charge is 0.148 e. The lowest BCUT2D eigenvalue weighted by Crippen LogP contribution is -2.22. The maximum absolute atomic E-state index is 13.2. The second-order valence-corrected chi connectivity index (χ2v) is 3.47. The van der Waals surface area contributed by atoms with Gasteiger partial charge in [0.15, 0.2) is 0 Å². The average molecular weight is 184 g/mol. The van der Waals surface area contributed by atoms with Gasteiger partial charge in [-0.2, -0.15) is 0 Å². The third-order valence-electron chi connectivity index (χ3n) is 2.55. The SMILES string of the molecule is NCC1(c2ncc(F)cc2F)CC1. The molecule has 1 fully saturated rings. The molecule has 2 nitrogen and oxygen atoms in total.